The molecule has 17 heavy (non-hydrogen) atoms. The molecule has 1 aliphatic carbocycles. The maximum atomic E-state index is 4.46. The number of hydrogen-bond donors (Lipinski definition) is 1. The van der Waals surface area contributed by atoms with E-state index in [9.17, 15) is 0 Å². The molecule has 1 fully saturated rings. The topological polar surface area (TPSA) is 29.9 Å². The van der Waals surface area contributed by atoms with E-state index >= 15 is 0 Å². The van der Waals surface area contributed by atoms with Crippen LogP contribution in [0, 0.1) is 0 Å². The molecule has 3 nitrogen and oxygen atoms in total. The largest absolute Gasteiger partial charge is 0.314 e. The Labute approximate surface area is 105 Å². The lowest BCUT2D eigenvalue weighted by atomic mass is 9.83. The summed E-state index contributed by atoms with van der Waals surface area (Å²) in [6.07, 6.45) is 9.30. The minimum Gasteiger partial charge on any atom is -0.314 e. The normalized spacial score (nSPS) is 28.8. The molecular weight excluding hydrogens is 210 g/mol. The Morgan fingerprint density at radius 2 is 2.35 bits per heavy atom. The molecule has 1 saturated carbocycles. The summed E-state index contributed by atoms with van der Waals surface area (Å²) < 4.78 is 2.08. The molecule has 1 aromatic rings. The van der Waals surface area contributed by atoms with Gasteiger partial charge in [0, 0.05) is 18.8 Å². The predicted molar refractivity (Wildman–Crippen MR) is 71.2 cm³/mol. The standard InChI is InChI=1S/C14H25N3/c1-4-8-17-11-12(10-16-17)14(3)7-6-13(9-14)15-5-2/h10-11,13,15H,4-9H2,1-3H3. The monoisotopic (exact) mass is 235 g/mol. The van der Waals surface area contributed by atoms with Crippen molar-refractivity contribution >= 4 is 0 Å². The Morgan fingerprint density at radius 1 is 1.53 bits per heavy atom. The molecule has 2 unspecified atom stereocenters. The van der Waals surface area contributed by atoms with Crippen LogP contribution >= 0.6 is 0 Å². The second-order valence-electron chi connectivity index (χ2n) is 5.55. The fourth-order valence-electron chi connectivity index (χ4n) is 2.99. The molecule has 0 aromatic carbocycles. The summed E-state index contributed by atoms with van der Waals surface area (Å²) in [4.78, 5) is 0. The first-order valence-corrected chi connectivity index (χ1v) is 6.94. The van der Waals surface area contributed by atoms with Gasteiger partial charge >= 0.3 is 0 Å². The highest BCUT2D eigenvalue weighted by atomic mass is 15.3. The van der Waals surface area contributed by atoms with E-state index in [1.165, 1.54) is 24.8 Å². The fourth-order valence-corrected chi connectivity index (χ4v) is 2.99. The number of hydrogen-bond acceptors (Lipinski definition) is 2. The Hall–Kier alpha value is -0.830. The second-order valence-corrected chi connectivity index (χ2v) is 5.55. The first-order valence-electron chi connectivity index (χ1n) is 6.94. The van der Waals surface area contributed by atoms with E-state index in [4.69, 9.17) is 0 Å². The van der Waals surface area contributed by atoms with Gasteiger partial charge in [-0.25, -0.2) is 0 Å². The van der Waals surface area contributed by atoms with Crippen molar-refractivity contribution in [3.63, 3.8) is 0 Å². The van der Waals surface area contributed by atoms with Gasteiger partial charge in [-0.15, -0.1) is 0 Å². The van der Waals surface area contributed by atoms with Crippen LogP contribution in [0.5, 0.6) is 0 Å². The second kappa shape index (κ2) is 5.21. The average molecular weight is 235 g/mol. The molecule has 3 heteroatoms. The third kappa shape index (κ3) is 2.71. The van der Waals surface area contributed by atoms with Gasteiger partial charge in [0.15, 0.2) is 0 Å². The predicted octanol–water partition coefficient (Wildman–Crippen LogP) is 2.71. The summed E-state index contributed by atoms with van der Waals surface area (Å²) in [5.74, 6) is 0. The van der Waals surface area contributed by atoms with Gasteiger partial charge in [-0.2, -0.15) is 5.10 Å². The molecule has 0 radical (unpaired) electrons. The van der Waals surface area contributed by atoms with E-state index in [-0.39, 0.29) is 0 Å². The quantitative estimate of drug-likeness (QED) is 0.850. The van der Waals surface area contributed by atoms with Gasteiger partial charge < -0.3 is 5.32 Å². The van der Waals surface area contributed by atoms with E-state index in [2.05, 4.69) is 48.3 Å². The Balaban J connectivity index is 2.05. The molecule has 96 valence electrons. The summed E-state index contributed by atoms with van der Waals surface area (Å²) in [5.41, 5.74) is 1.75. The van der Waals surface area contributed by atoms with Crippen LogP contribution in [0.15, 0.2) is 12.4 Å². The third-order valence-corrected chi connectivity index (χ3v) is 4.02. The molecule has 1 heterocycles. The molecule has 0 amide bonds. The fraction of sp³-hybridized carbons (Fsp3) is 0.786. The van der Waals surface area contributed by atoms with Gasteiger partial charge in [0.25, 0.3) is 0 Å². The number of nitrogens with zero attached hydrogens (tertiary/aromatic N) is 2. The van der Waals surface area contributed by atoms with Gasteiger partial charge in [-0.3, -0.25) is 4.68 Å². The van der Waals surface area contributed by atoms with Crippen LogP contribution in [0.1, 0.15) is 52.0 Å². The Kier molecular flexibility index (Phi) is 3.87. The lowest BCUT2D eigenvalue weighted by molar-refractivity contribution is 0.457. The summed E-state index contributed by atoms with van der Waals surface area (Å²) in [6, 6.07) is 0.694. The highest BCUT2D eigenvalue weighted by Crippen LogP contribution is 2.40. The minimum atomic E-state index is 0.332. The van der Waals surface area contributed by atoms with Crippen molar-refractivity contribution < 1.29 is 0 Å². The lowest BCUT2D eigenvalue weighted by Gasteiger charge is -2.22. The van der Waals surface area contributed by atoms with Crippen molar-refractivity contribution in [2.24, 2.45) is 0 Å². The van der Waals surface area contributed by atoms with Crippen LogP contribution in [0.3, 0.4) is 0 Å². The Bertz CT molecular complexity index is 358. The molecule has 1 N–H and O–H groups in total. The summed E-state index contributed by atoms with van der Waals surface area (Å²) in [6.45, 7) is 8.88. The van der Waals surface area contributed by atoms with Crippen molar-refractivity contribution in [3.8, 4) is 0 Å². The zero-order chi connectivity index (χ0) is 12.3. The molecule has 2 atom stereocenters. The van der Waals surface area contributed by atoms with Crippen LogP contribution in [0.25, 0.3) is 0 Å². The van der Waals surface area contributed by atoms with Gasteiger partial charge in [0.1, 0.15) is 0 Å². The lowest BCUT2D eigenvalue weighted by Crippen LogP contribution is -2.28. The van der Waals surface area contributed by atoms with Crippen molar-refractivity contribution in [1.29, 1.82) is 0 Å². The smallest absolute Gasteiger partial charge is 0.0527 e. The number of nitrogens with one attached hydrogen (secondary N) is 1. The maximum absolute atomic E-state index is 4.46. The molecule has 0 spiro atoms. The van der Waals surface area contributed by atoms with Crippen molar-refractivity contribution in [2.45, 2.75) is 64.5 Å². The number of aryl methyl sites for hydroxylation is 1. The number of rotatable bonds is 5. The SMILES string of the molecule is CCCn1cc(C2(C)CCC(NCC)C2)cn1. The van der Waals surface area contributed by atoms with E-state index < -0.39 is 0 Å². The summed E-state index contributed by atoms with van der Waals surface area (Å²) in [7, 11) is 0. The van der Waals surface area contributed by atoms with Crippen LogP contribution < -0.4 is 5.32 Å². The number of aromatic nitrogens is 2. The van der Waals surface area contributed by atoms with Crippen LogP contribution in [-0.2, 0) is 12.0 Å². The molecule has 1 aliphatic rings. The van der Waals surface area contributed by atoms with E-state index in [1.807, 2.05) is 0 Å². The van der Waals surface area contributed by atoms with Crippen LogP contribution in [-0.4, -0.2) is 22.4 Å². The average Bonchev–Trinajstić information content (AvgIpc) is 2.88. The van der Waals surface area contributed by atoms with Crippen molar-refractivity contribution in [3.05, 3.63) is 18.0 Å². The van der Waals surface area contributed by atoms with Gasteiger partial charge in [-0.1, -0.05) is 20.8 Å². The first-order chi connectivity index (χ1) is 8.18. The Morgan fingerprint density at radius 3 is 3.06 bits per heavy atom. The van der Waals surface area contributed by atoms with Crippen LogP contribution in [0.2, 0.25) is 0 Å². The minimum absolute atomic E-state index is 0.332. The molecule has 0 saturated heterocycles. The van der Waals surface area contributed by atoms with Gasteiger partial charge in [0.2, 0.25) is 0 Å². The zero-order valence-corrected chi connectivity index (χ0v) is 11.4. The first kappa shape index (κ1) is 12.6. The highest BCUT2D eigenvalue weighted by Gasteiger charge is 2.36. The molecule has 1 aromatic heterocycles. The van der Waals surface area contributed by atoms with Gasteiger partial charge in [-0.05, 0) is 43.2 Å². The zero-order valence-electron chi connectivity index (χ0n) is 11.4. The highest BCUT2D eigenvalue weighted by molar-refractivity contribution is 5.21. The molecule has 0 aliphatic heterocycles. The molecule has 0 bridgehead atoms. The third-order valence-electron chi connectivity index (χ3n) is 4.02. The summed E-state index contributed by atoms with van der Waals surface area (Å²) in [5, 5.41) is 8.04. The van der Waals surface area contributed by atoms with Crippen molar-refractivity contribution in [2.75, 3.05) is 6.54 Å². The van der Waals surface area contributed by atoms with E-state index in [0.29, 0.717) is 11.5 Å². The van der Waals surface area contributed by atoms with Crippen molar-refractivity contribution in [1.82, 2.24) is 15.1 Å². The van der Waals surface area contributed by atoms with Crippen LogP contribution in [0.4, 0.5) is 0 Å². The molecule has 2 rings (SSSR count). The van der Waals surface area contributed by atoms with Gasteiger partial charge in [0.05, 0.1) is 6.20 Å². The molecular formula is C14H25N3. The maximum Gasteiger partial charge on any atom is 0.0527 e. The van der Waals surface area contributed by atoms with E-state index in [1.54, 1.807) is 0 Å². The summed E-state index contributed by atoms with van der Waals surface area (Å²) >= 11 is 0. The van der Waals surface area contributed by atoms with E-state index in [0.717, 1.165) is 19.5 Å².